The quantitative estimate of drug-likeness (QED) is 0.654. The predicted molar refractivity (Wildman–Crippen MR) is 83.1 cm³/mol. The normalized spacial score (nSPS) is 18.5. The number of hydrogen-bond acceptors (Lipinski definition) is 6. The highest BCUT2D eigenvalue weighted by atomic mass is 32.1. The van der Waals surface area contributed by atoms with Crippen molar-refractivity contribution in [1.29, 1.82) is 0 Å². The summed E-state index contributed by atoms with van der Waals surface area (Å²) in [5.74, 6) is 7.98. The van der Waals surface area contributed by atoms with E-state index in [2.05, 4.69) is 33.3 Å². The zero-order chi connectivity index (χ0) is 13.7. The van der Waals surface area contributed by atoms with E-state index >= 15 is 0 Å². The maximum Gasteiger partial charge on any atom is 0.240 e. The molecule has 2 fully saturated rings. The maximum absolute atomic E-state index is 5.53. The molecule has 4 rings (SSSR count). The van der Waals surface area contributed by atoms with E-state index in [9.17, 15) is 0 Å². The van der Waals surface area contributed by atoms with Crippen LogP contribution >= 0.6 is 11.3 Å². The number of fused-ring (bicyclic) bond motifs is 1. The van der Waals surface area contributed by atoms with E-state index in [0.717, 1.165) is 23.1 Å². The first-order chi connectivity index (χ1) is 9.74. The number of hydrogen-bond donors (Lipinski definition) is 2. The van der Waals surface area contributed by atoms with Crippen molar-refractivity contribution in [3.63, 3.8) is 0 Å². The number of aryl methyl sites for hydroxylation is 1. The number of nitrogens with zero attached hydrogens (tertiary/aromatic N) is 3. The zero-order valence-corrected chi connectivity index (χ0v) is 12.4. The molecule has 2 saturated carbocycles. The molecule has 106 valence electrons. The molecular formula is C14H19N5S. The third-order valence-electron chi connectivity index (χ3n) is 4.04. The van der Waals surface area contributed by atoms with Gasteiger partial charge in [-0.25, -0.2) is 10.8 Å². The first-order valence-electron chi connectivity index (χ1n) is 7.26. The van der Waals surface area contributed by atoms with Crippen LogP contribution in [0, 0.1) is 12.8 Å². The SMILES string of the molecule is Cc1cc2c(N(CC3CC3)C3CC3)nc(NN)nc2s1. The highest BCUT2D eigenvalue weighted by Crippen LogP contribution is 2.40. The summed E-state index contributed by atoms with van der Waals surface area (Å²) in [4.78, 5) is 13.9. The molecule has 0 spiro atoms. The van der Waals surface area contributed by atoms with Gasteiger partial charge in [0, 0.05) is 17.5 Å². The van der Waals surface area contributed by atoms with E-state index in [4.69, 9.17) is 5.84 Å². The number of aromatic nitrogens is 2. The van der Waals surface area contributed by atoms with Crippen LogP contribution in [0.5, 0.6) is 0 Å². The number of nitrogens with one attached hydrogen (secondary N) is 1. The van der Waals surface area contributed by atoms with Crippen LogP contribution in [0.25, 0.3) is 10.2 Å². The van der Waals surface area contributed by atoms with Gasteiger partial charge in [-0.15, -0.1) is 11.3 Å². The van der Waals surface area contributed by atoms with E-state index in [1.807, 2.05) is 0 Å². The van der Waals surface area contributed by atoms with Gasteiger partial charge in [-0.2, -0.15) is 4.98 Å². The van der Waals surface area contributed by atoms with Crippen LogP contribution in [0.4, 0.5) is 11.8 Å². The summed E-state index contributed by atoms with van der Waals surface area (Å²) in [6.07, 6.45) is 5.30. The minimum absolute atomic E-state index is 0.524. The monoisotopic (exact) mass is 289 g/mol. The van der Waals surface area contributed by atoms with Crippen molar-refractivity contribution in [2.45, 2.75) is 38.6 Å². The number of thiophene rings is 1. The highest BCUT2D eigenvalue weighted by Gasteiger charge is 2.35. The van der Waals surface area contributed by atoms with Gasteiger partial charge in [0.15, 0.2) is 0 Å². The second kappa shape index (κ2) is 4.56. The zero-order valence-electron chi connectivity index (χ0n) is 11.6. The molecule has 6 heteroatoms. The first kappa shape index (κ1) is 12.3. The van der Waals surface area contributed by atoms with E-state index in [1.165, 1.54) is 35.9 Å². The summed E-state index contributed by atoms with van der Waals surface area (Å²) in [7, 11) is 0. The fourth-order valence-corrected chi connectivity index (χ4v) is 3.56. The lowest BCUT2D eigenvalue weighted by atomic mass is 10.3. The van der Waals surface area contributed by atoms with Gasteiger partial charge in [0.2, 0.25) is 5.95 Å². The van der Waals surface area contributed by atoms with Crippen LogP contribution in [0.3, 0.4) is 0 Å². The molecule has 2 heterocycles. The number of anilines is 2. The van der Waals surface area contributed by atoms with Crippen LogP contribution in [0.2, 0.25) is 0 Å². The van der Waals surface area contributed by atoms with Crippen LogP contribution in [-0.4, -0.2) is 22.6 Å². The molecule has 0 bridgehead atoms. The fraction of sp³-hybridized carbons (Fsp3) is 0.571. The van der Waals surface area contributed by atoms with E-state index < -0.39 is 0 Å². The lowest BCUT2D eigenvalue weighted by Crippen LogP contribution is -2.29. The third kappa shape index (κ3) is 2.23. The smallest absolute Gasteiger partial charge is 0.240 e. The van der Waals surface area contributed by atoms with E-state index in [0.29, 0.717) is 12.0 Å². The minimum atomic E-state index is 0.524. The van der Waals surface area contributed by atoms with Crippen LogP contribution < -0.4 is 16.2 Å². The molecule has 3 N–H and O–H groups in total. The maximum atomic E-state index is 5.53. The standard InChI is InChI=1S/C14H19N5S/c1-8-6-11-12(16-14(18-15)17-13(11)20-8)19(10-4-5-10)7-9-2-3-9/h6,9-10H,2-5,7,15H2,1H3,(H,16,17,18). The summed E-state index contributed by atoms with van der Waals surface area (Å²) < 4.78 is 0. The average molecular weight is 289 g/mol. The van der Waals surface area contributed by atoms with Crippen molar-refractivity contribution in [3.05, 3.63) is 10.9 Å². The Balaban J connectivity index is 1.81. The van der Waals surface area contributed by atoms with Crippen molar-refractivity contribution in [2.75, 3.05) is 16.9 Å². The van der Waals surface area contributed by atoms with E-state index in [-0.39, 0.29) is 0 Å². The second-order valence-corrected chi connectivity index (χ2v) is 7.15. The van der Waals surface area contributed by atoms with Gasteiger partial charge in [-0.3, -0.25) is 5.43 Å². The lowest BCUT2D eigenvalue weighted by molar-refractivity contribution is 0.711. The predicted octanol–water partition coefficient (Wildman–Crippen LogP) is 2.66. The molecule has 0 atom stereocenters. The van der Waals surface area contributed by atoms with Crippen molar-refractivity contribution in [3.8, 4) is 0 Å². The Morgan fingerprint density at radius 2 is 2.15 bits per heavy atom. The molecule has 0 aromatic carbocycles. The lowest BCUT2D eigenvalue weighted by Gasteiger charge is -2.24. The Bertz CT molecular complexity index is 644. The van der Waals surface area contributed by atoms with Gasteiger partial charge in [-0.05, 0) is 44.6 Å². The third-order valence-corrected chi connectivity index (χ3v) is 4.98. The van der Waals surface area contributed by atoms with Gasteiger partial charge in [-0.1, -0.05) is 0 Å². The van der Waals surface area contributed by atoms with Crippen LogP contribution in [0.1, 0.15) is 30.6 Å². The van der Waals surface area contributed by atoms with Gasteiger partial charge in [0.25, 0.3) is 0 Å². The Kier molecular flexibility index (Phi) is 2.82. The van der Waals surface area contributed by atoms with Crippen molar-refractivity contribution >= 4 is 33.3 Å². The molecule has 0 aliphatic heterocycles. The molecular weight excluding hydrogens is 270 g/mol. The number of nitrogen functional groups attached to an aromatic ring is 1. The molecule has 2 aromatic heterocycles. The highest BCUT2D eigenvalue weighted by molar-refractivity contribution is 7.18. The topological polar surface area (TPSA) is 67.1 Å². The van der Waals surface area contributed by atoms with Gasteiger partial charge in [0.05, 0.1) is 5.39 Å². The summed E-state index contributed by atoms with van der Waals surface area (Å²) in [5, 5.41) is 1.18. The average Bonchev–Trinajstić information content (AvgIpc) is 3.32. The Hall–Kier alpha value is -1.40. The number of nitrogens with two attached hydrogens (primary N) is 1. The number of rotatable bonds is 5. The molecule has 2 aromatic rings. The molecule has 0 saturated heterocycles. The Labute approximate surface area is 122 Å². The Morgan fingerprint density at radius 3 is 2.80 bits per heavy atom. The van der Waals surface area contributed by atoms with Crippen molar-refractivity contribution in [2.24, 2.45) is 11.8 Å². The van der Waals surface area contributed by atoms with Gasteiger partial charge in [0.1, 0.15) is 10.6 Å². The fourth-order valence-electron chi connectivity index (χ4n) is 2.68. The molecule has 0 radical (unpaired) electrons. The van der Waals surface area contributed by atoms with Gasteiger partial charge < -0.3 is 4.90 Å². The minimum Gasteiger partial charge on any atom is -0.353 e. The first-order valence-corrected chi connectivity index (χ1v) is 8.07. The molecule has 2 aliphatic carbocycles. The molecule has 0 amide bonds. The van der Waals surface area contributed by atoms with Gasteiger partial charge >= 0.3 is 0 Å². The number of hydrazine groups is 1. The summed E-state index contributed by atoms with van der Waals surface area (Å²) >= 11 is 1.71. The molecule has 0 unspecified atom stereocenters. The van der Waals surface area contributed by atoms with Crippen molar-refractivity contribution in [1.82, 2.24) is 9.97 Å². The molecule has 20 heavy (non-hydrogen) atoms. The molecule has 5 nitrogen and oxygen atoms in total. The van der Waals surface area contributed by atoms with Crippen LogP contribution in [0.15, 0.2) is 6.07 Å². The van der Waals surface area contributed by atoms with Crippen molar-refractivity contribution < 1.29 is 0 Å². The largest absolute Gasteiger partial charge is 0.353 e. The van der Waals surface area contributed by atoms with E-state index in [1.54, 1.807) is 11.3 Å². The summed E-state index contributed by atoms with van der Waals surface area (Å²) in [6, 6.07) is 2.87. The Morgan fingerprint density at radius 1 is 1.35 bits per heavy atom. The van der Waals surface area contributed by atoms with Crippen LogP contribution in [-0.2, 0) is 0 Å². The summed E-state index contributed by atoms with van der Waals surface area (Å²) in [6.45, 7) is 3.25. The molecule has 2 aliphatic rings. The second-order valence-electron chi connectivity index (χ2n) is 5.92. The summed E-state index contributed by atoms with van der Waals surface area (Å²) in [5.41, 5.74) is 2.61.